The number of ether oxygens (including phenoxy) is 2. The van der Waals surface area contributed by atoms with Gasteiger partial charge in [0.25, 0.3) is 0 Å². The summed E-state index contributed by atoms with van der Waals surface area (Å²) in [4.78, 5) is 11.5. The van der Waals surface area contributed by atoms with Crippen LogP contribution in [0.15, 0.2) is 24.3 Å². The van der Waals surface area contributed by atoms with Crippen LogP contribution in [-0.4, -0.2) is 38.8 Å². The molecule has 1 amide bonds. The number of methoxy groups -OCH3 is 1. The second-order valence-corrected chi connectivity index (χ2v) is 4.77. The topological polar surface area (TPSA) is 59.6 Å². The smallest absolute Gasteiger partial charge is 0.226 e. The third-order valence-corrected chi connectivity index (χ3v) is 2.59. The Labute approximate surface area is 132 Å². The maximum atomic E-state index is 11.5. The van der Waals surface area contributed by atoms with Crippen molar-refractivity contribution >= 4 is 24.0 Å². The summed E-state index contributed by atoms with van der Waals surface area (Å²) in [6.07, 6.45) is 0.357. The highest BCUT2D eigenvalue weighted by molar-refractivity contribution is 5.90. The molecule has 1 rings (SSSR count). The number of amides is 1. The number of carbonyl (C=O) groups is 1. The molecule has 0 aliphatic heterocycles. The summed E-state index contributed by atoms with van der Waals surface area (Å²) in [6, 6.07) is 7.82. The molecule has 0 spiro atoms. The lowest BCUT2D eigenvalue weighted by Crippen LogP contribution is -2.27. The van der Waals surface area contributed by atoms with Crippen LogP contribution in [-0.2, 0) is 9.53 Å². The zero-order valence-electron chi connectivity index (χ0n) is 12.8. The standard InChI is InChI=1S/C15H24N2O3.ClH/c1-12(2)16-9-11-20-14-6-4-13(5-7-14)17-15(18)8-10-19-3;/h4-7,12,16H,8-11H2,1-3H3,(H,17,18);1H. The number of benzene rings is 1. The van der Waals surface area contributed by atoms with Gasteiger partial charge in [0.2, 0.25) is 5.91 Å². The maximum absolute atomic E-state index is 11.5. The highest BCUT2D eigenvalue weighted by atomic mass is 35.5. The van der Waals surface area contributed by atoms with Crippen LogP contribution in [0.3, 0.4) is 0 Å². The summed E-state index contributed by atoms with van der Waals surface area (Å²) in [5.74, 6) is 0.743. The van der Waals surface area contributed by atoms with Crippen molar-refractivity contribution in [2.24, 2.45) is 0 Å². The van der Waals surface area contributed by atoms with Crippen LogP contribution >= 0.6 is 12.4 Å². The van der Waals surface area contributed by atoms with Gasteiger partial charge >= 0.3 is 0 Å². The van der Waals surface area contributed by atoms with E-state index in [2.05, 4.69) is 24.5 Å². The molecule has 0 saturated carbocycles. The Morgan fingerprint density at radius 1 is 1.19 bits per heavy atom. The van der Waals surface area contributed by atoms with E-state index in [1.807, 2.05) is 24.3 Å². The van der Waals surface area contributed by atoms with Crippen LogP contribution in [0.5, 0.6) is 5.75 Å². The molecule has 6 heteroatoms. The van der Waals surface area contributed by atoms with E-state index in [1.54, 1.807) is 7.11 Å². The van der Waals surface area contributed by atoms with Gasteiger partial charge in [-0.15, -0.1) is 12.4 Å². The molecule has 0 unspecified atom stereocenters. The van der Waals surface area contributed by atoms with Crippen LogP contribution < -0.4 is 15.4 Å². The van der Waals surface area contributed by atoms with Crippen molar-refractivity contribution in [3.8, 4) is 5.75 Å². The monoisotopic (exact) mass is 316 g/mol. The second-order valence-electron chi connectivity index (χ2n) is 4.77. The van der Waals surface area contributed by atoms with Crippen LogP contribution in [0.1, 0.15) is 20.3 Å². The summed E-state index contributed by atoms with van der Waals surface area (Å²) >= 11 is 0. The van der Waals surface area contributed by atoms with E-state index in [-0.39, 0.29) is 18.3 Å². The van der Waals surface area contributed by atoms with E-state index >= 15 is 0 Å². The van der Waals surface area contributed by atoms with Crippen molar-refractivity contribution in [1.29, 1.82) is 0 Å². The zero-order chi connectivity index (χ0) is 14.8. The minimum atomic E-state index is -0.0540. The molecule has 0 atom stereocenters. The van der Waals surface area contributed by atoms with Crippen molar-refractivity contribution in [3.63, 3.8) is 0 Å². The van der Waals surface area contributed by atoms with Gasteiger partial charge in [-0.05, 0) is 24.3 Å². The lowest BCUT2D eigenvalue weighted by molar-refractivity contribution is -0.117. The summed E-state index contributed by atoms with van der Waals surface area (Å²) in [6.45, 7) is 6.06. The Morgan fingerprint density at radius 3 is 2.43 bits per heavy atom. The van der Waals surface area contributed by atoms with Gasteiger partial charge in [0.05, 0.1) is 13.0 Å². The lowest BCUT2D eigenvalue weighted by atomic mass is 10.3. The van der Waals surface area contributed by atoms with Gasteiger partial charge < -0.3 is 20.1 Å². The molecular weight excluding hydrogens is 292 g/mol. The third kappa shape index (κ3) is 9.28. The highest BCUT2D eigenvalue weighted by Gasteiger charge is 2.02. The summed E-state index contributed by atoms with van der Waals surface area (Å²) < 4.78 is 10.4. The maximum Gasteiger partial charge on any atom is 0.226 e. The molecule has 120 valence electrons. The van der Waals surface area contributed by atoms with Crippen LogP contribution in [0, 0.1) is 0 Å². The SMILES string of the molecule is COCCC(=O)Nc1ccc(OCCNC(C)C)cc1.Cl. The van der Waals surface area contributed by atoms with Crippen LogP contribution in [0.25, 0.3) is 0 Å². The van der Waals surface area contributed by atoms with Crippen molar-refractivity contribution < 1.29 is 14.3 Å². The van der Waals surface area contributed by atoms with Gasteiger partial charge in [-0.25, -0.2) is 0 Å². The second kappa shape index (κ2) is 11.4. The number of rotatable bonds is 9. The van der Waals surface area contributed by atoms with Gasteiger partial charge in [0.1, 0.15) is 12.4 Å². The Bertz CT molecular complexity index is 396. The molecule has 2 N–H and O–H groups in total. The Kier molecular flexibility index (Phi) is 10.7. The molecule has 0 heterocycles. The first-order valence-electron chi connectivity index (χ1n) is 6.87. The molecule has 0 saturated heterocycles. The fraction of sp³-hybridized carbons (Fsp3) is 0.533. The molecule has 0 aromatic heterocycles. The Morgan fingerprint density at radius 2 is 1.86 bits per heavy atom. The Balaban J connectivity index is 0.00000400. The fourth-order valence-electron chi connectivity index (χ4n) is 1.57. The first-order chi connectivity index (χ1) is 9.61. The van der Waals surface area contributed by atoms with Crippen LogP contribution in [0.4, 0.5) is 5.69 Å². The first kappa shape index (κ1) is 19.7. The van der Waals surface area contributed by atoms with Gasteiger partial charge in [-0.2, -0.15) is 0 Å². The molecule has 21 heavy (non-hydrogen) atoms. The van der Waals surface area contributed by atoms with E-state index < -0.39 is 0 Å². The highest BCUT2D eigenvalue weighted by Crippen LogP contribution is 2.15. The summed E-state index contributed by atoms with van der Waals surface area (Å²) in [7, 11) is 1.58. The van der Waals surface area contributed by atoms with Crippen molar-refractivity contribution in [2.45, 2.75) is 26.3 Å². The minimum Gasteiger partial charge on any atom is -0.492 e. The van der Waals surface area contributed by atoms with Gasteiger partial charge in [0, 0.05) is 25.4 Å². The van der Waals surface area contributed by atoms with Gasteiger partial charge in [-0.3, -0.25) is 4.79 Å². The molecule has 0 aliphatic rings. The van der Waals surface area contributed by atoms with Crippen molar-refractivity contribution in [1.82, 2.24) is 5.32 Å². The quantitative estimate of drug-likeness (QED) is 0.687. The number of halogens is 1. The normalized spacial score (nSPS) is 10.1. The number of hydrogen-bond acceptors (Lipinski definition) is 4. The van der Waals surface area contributed by atoms with E-state index in [9.17, 15) is 4.79 Å². The molecular formula is C15H25ClN2O3. The number of nitrogens with one attached hydrogen (secondary N) is 2. The van der Waals surface area contributed by atoms with E-state index in [4.69, 9.17) is 9.47 Å². The first-order valence-corrected chi connectivity index (χ1v) is 6.87. The molecule has 5 nitrogen and oxygen atoms in total. The van der Waals surface area contributed by atoms with Crippen LogP contribution in [0.2, 0.25) is 0 Å². The average Bonchev–Trinajstić information content (AvgIpc) is 2.43. The van der Waals surface area contributed by atoms with E-state index in [0.29, 0.717) is 25.7 Å². The predicted molar refractivity (Wildman–Crippen MR) is 87.4 cm³/mol. The summed E-state index contributed by atoms with van der Waals surface area (Å²) in [5.41, 5.74) is 0.763. The molecule has 0 fully saturated rings. The fourth-order valence-corrected chi connectivity index (χ4v) is 1.57. The molecule has 0 radical (unpaired) electrons. The number of carbonyl (C=O) groups excluding carboxylic acids is 1. The van der Waals surface area contributed by atoms with Crippen molar-refractivity contribution in [3.05, 3.63) is 24.3 Å². The number of anilines is 1. The van der Waals surface area contributed by atoms with Crippen molar-refractivity contribution in [2.75, 3.05) is 32.2 Å². The van der Waals surface area contributed by atoms with E-state index in [0.717, 1.165) is 18.0 Å². The average molecular weight is 317 g/mol. The number of hydrogen-bond donors (Lipinski definition) is 2. The lowest BCUT2D eigenvalue weighted by Gasteiger charge is -2.10. The Hall–Kier alpha value is -1.30. The van der Waals surface area contributed by atoms with Gasteiger partial charge in [-0.1, -0.05) is 13.8 Å². The summed E-state index contributed by atoms with van der Waals surface area (Å²) in [5, 5.41) is 6.08. The molecule has 0 aliphatic carbocycles. The predicted octanol–water partition coefficient (Wildman–Crippen LogP) is 2.46. The molecule has 1 aromatic carbocycles. The largest absolute Gasteiger partial charge is 0.492 e. The zero-order valence-corrected chi connectivity index (χ0v) is 13.7. The third-order valence-electron chi connectivity index (χ3n) is 2.59. The molecule has 0 bridgehead atoms. The van der Waals surface area contributed by atoms with E-state index in [1.165, 1.54) is 0 Å². The van der Waals surface area contributed by atoms with Gasteiger partial charge in [0.15, 0.2) is 0 Å². The minimum absolute atomic E-state index is 0. The molecule has 1 aromatic rings.